The van der Waals surface area contributed by atoms with Crippen LogP contribution in [0.1, 0.15) is 30.6 Å². The molecule has 0 aliphatic heterocycles. The molecule has 8 nitrogen and oxygen atoms in total. The Kier molecular flexibility index (Phi) is 6.06. The van der Waals surface area contributed by atoms with Gasteiger partial charge in [0.05, 0.1) is 9.82 Å². The minimum atomic E-state index is -3.64. The van der Waals surface area contributed by atoms with Gasteiger partial charge < -0.3 is 5.32 Å². The molecule has 138 valence electrons. The highest BCUT2D eigenvalue weighted by atomic mass is 32.2. The number of amides is 1. The summed E-state index contributed by atoms with van der Waals surface area (Å²) in [6.45, 7) is 3.63. The van der Waals surface area contributed by atoms with E-state index in [0.29, 0.717) is 6.42 Å². The Bertz CT molecular complexity index is 910. The maximum Gasteiger partial charge on any atom is 0.271 e. The number of hydrogen-bond acceptors (Lipinski definition) is 5. The monoisotopic (exact) mass is 377 g/mol. The molecule has 2 rings (SSSR count). The van der Waals surface area contributed by atoms with E-state index in [1.54, 1.807) is 6.92 Å². The molecule has 0 aliphatic rings. The highest BCUT2D eigenvalue weighted by molar-refractivity contribution is 7.89. The smallest absolute Gasteiger partial charge is 0.271 e. The van der Waals surface area contributed by atoms with Crippen LogP contribution in [-0.2, 0) is 10.0 Å². The summed E-state index contributed by atoms with van der Waals surface area (Å²) >= 11 is 0. The molecule has 0 aromatic heterocycles. The van der Waals surface area contributed by atoms with Gasteiger partial charge in [-0.1, -0.05) is 13.0 Å². The Morgan fingerprint density at radius 3 is 2.42 bits per heavy atom. The fourth-order valence-electron chi connectivity index (χ4n) is 2.10. The van der Waals surface area contributed by atoms with Gasteiger partial charge in [-0.25, -0.2) is 13.1 Å². The third-order valence-electron chi connectivity index (χ3n) is 3.71. The van der Waals surface area contributed by atoms with Crippen LogP contribution in [0.5, 0.6) is 0 Å². The molecule has 1 atom stereocenters. The number of non-ortho nitro benzene ring substituents is 1. The molecule has 0 saturated carbocycles. The lowest BCUT2D eigenvalue weighted by atomic mass is 10.2. The number of benzene rings is 2. The molecule has 0 saturated heterocycles. The van der Waals surface area contributed by atoms with Gasteiger partial charge in [-0.3, -0.25) is 14.9 Å². The lowest BCUT2D eigenvalue weighted by Gasteiger charge is -2.12. The van der Waals surface area contributed by atoms with Gasteiger partial charge in [-0.05, 0) is 43.7 Å². The molecule has 9 heteroatoms. The van der Waals surface area contributed by atoms with Crippen LogP contribution in [-0.4, -0.2) is 25.3 Å². The molecule has 0 aliphatic carbocycles. The molecule has 0 unspecified atom stereocenters. The zero-order valence-electron chi connectivity index (χ0n) is 14.3. The maximum atomic E-state index is 12.2. The van der Waals surface area contributed by atoms with E-state index in [2.05, 4.69) is 10.0 Å². The zero-order valence-corrected chi connectivity index (χ0v) is 15.1. The fourth-order valence-corrected chi connectivity index (χ4v) is 3.43. The number of anilines is 1. The van der Waals surface area contributed by atoms with Crippen LogP contribution in [0.3, 0.4) is 0 Å². The number of nitrogens with zero attached hydrogens (tertiary/aromatic N) is 1. The van der Waals surface area contributed by atoms with Gasteiger partial charge in [0.2, 0.25) is 10.0 Å². The average Bonchev–Trinajstić information content (AvgIpc) is 2.61. The molecule has 2 N–H and O–H groups in total. The topological polar surface area (TPSA) is 118 Å². The van der Waals surface area contributed by atoms with Crippen molar-refractivity contribution in [1.29, 1.82) is 0 Å². The van der Waals surface area contributed by atoms with E-state index in [-0.39, 0.29) is 27.9 Å². The lowest BCUT2D eigenvalue weighted by molar-refractivity contribution is -0.384. The maximum absolute atomic E-state index is 12.2. The third-order valence-corrected chi connectivity index (χ3v) is 5.32. The van der Waals surface area contributed by atoms with Crippen molar-refractivity contribution in [1.82, 2.24) is 4.72 Å². The normalized spacial score (nSPS) is 12.4. The van der Waals surface area contributed by atoms with E-state index in [1.807, 2.05) is 6.92 Å². The first kappa shape index (κ1) is 19.5. The first-order chi connectivity index (χ1) is 12.2. The molecular formula is C17H19N3O5S. The Hall–Kier alpha value is -2.78. The van der Waals surface area contributed by atoms with Crippen LogP contribution < -0.4 is 10.0 Å². The lowest BCUT2D eigenvalue weighted by Crippen LogP contribution is -2.32. The van der Waals surface area contributed by atoms with Gasteiger partial charge in [0.1, 0.15) is 0 Å². The van der Waals surface area contributed by atoms with Crippen LogP contribution in [0.25, 0.3) is 0 Å². The second-order valence-electron chi connectivity index (χ2n) is 5.72. The van der Waals surface area contributed by atoms with Gasteiger partial charge >= 0.3 is 0 Å². The summed E-state index contributed by atoms with van der Waals surface area (Å²) in [5.41, 5.74) is 0.374. The van der Waals surface area contributed by atoms with Crippen LogP contribution in [0.2, 0.25) is 0 Å². The van der Waals surface area contributed by atoms with E-state index in [0.717, 1.165) is 0 Å². The van der Waals surface area contributed by atoms with E-state index in [1.165, 1.54) is 48.5 Å². The van der Waals surface area contributed by atoms with Crippen molar-refractivity contribution in [3.8, 4) is 0 Å². The van der Waals surface area contributed by atoms with Gasteiger partial charge in [-0.15, -0.1) is 0 Å². The Morgan fingerprint density at radius 2 is 1.85 bits per heavy atom. The Morgan fingerprint density at radius 1 is 1.19 bits per heavy atom. The second-order valence-corrected chi connectivity index (χ2v) is 7.43. The summed E-state index contributed by atoms with van der Waals surface area (Å²) < 4.78 is 26.9. The van der Waals surface area contributed by atoms with E-state index in [9.17, 15) is 23.3 Å². The molecule has 0 heterocycles. The average molecular weight is 377 g/mol. The number of nitro groups is 1. The summed E-state index contributed by atoms with van der Waals surface area (Å²) in [5.74, 6) is -0.496. The number of sulfonamides is 1. The van der Waals surface area contributed by atoms with Gasteiger partial charge in [0.15, 0.2) is 0 Å². The van der Waals surface area contributed by atoms with E-state index in [4.69, 9.17) is 0 Å². The van der Waals surface area contributed by atoms with Crippen LogP contribution >= 0.6 is 0 Å². The number of carbonyl (C=O) groups excluding carboxylic acids is 1. The zero-order chi connectivity index (χ0) is 19.3. The third kappa shape index (κ3) is 4.87. The van der Waals surface area contributed by atoms with Crippen molar-refractivity contribution in [2.75, 3.05) is 5.32 Å². The molecule has 1 amide bonds. The van der Waals surface area contributed by atoms with E-state index < -0.39 is 20.9 Å². The number of hydrogen-bond donors (Lipinski definition) is 2. The van der Waals surface area contributed by atoms with E-state index >= 15 is 0 Å². The van der Waals surface area contributed by atoms with Gasteiger partial charge in [-0.2, -0.15) is 0 Å². The summed E-state index contributed by atoms with van der Waals surface area (Å²) in [5, 5.41) is 13.3. The molecule has 0 spiro atoms. The largest absolute Gasteiger partial charge is 0.322 e. The minimum Gasteiger partial charge on any atom is -0.322 e. The molecule has 2 aromatic carbocycles. The Balaban J connectivity index is 2.14. The first-order valence-corrected chi connectivity index (χ1v) is 9.39. The standard InChI is InChI=1S/C17H19N3O5S/c1-3-12(2)19-26(24,25)16-9-7-13(8-10-16)17(21)18-14-5-4-6-15(11-14)20(22)23/h4-12,19H,3H2,1-2H3,(H,18,21)/t12-/m1/s1. The minimum absolute atomic E-state index is 0.0599. The number of nitro benzene ring substituents is 1. The summed E-state index contributed by atoms with van der Waals surface area (Å²) in [6.07, 6.45) is 0.656. The molecule has 2 aromatic rings. The predicted molar refractivity (Wildman–Crippen MR) is 97.6 cm³/mol. The first-order valence-electron chi connectivity index (χ1n) is 7.91. The van der Waals surface area contributed by atoms with Crippen LogP contribution in [0, 0.1) is 10.1 Å². The van der Waals surface area contributed by atoms with Crippen LogP contribution in [0.4, 0.5) is 11.4 Å². The highest BCUT2D eigenvalue weighted by Crippen LogP contribution is 2.18. The summed E-state index contributed by atoms with van der Waals surface area (Å²) in [7, 11) is -3.64. The number of carbonyl (C=O) groups is 1. The van der Waals surface area contributed by atoms with Crippen molar-refractivity contribution in [2.24, 2.45) is 0 Å². The van der Waals surface area contributed by atoms with Crippen LogP contribution in [0.15, 0.2) is 53.4 Å². The molecule has 0 fully saturated rings. The number of nitrogens with one attached hydrogen (secondary N) is 2. The van der Waals surface area contributed by atoms with Gasteiger partial charge in [0, 0.05) is 29.4 Å². The highest BCUT2D eigenvalue weighted by Gasteiger charge is 2.17. The van der Waals surface area contributed by atoms with Crippen molar-refractivity contribution in [3.05, 3.63) is 64.2 Å². The fraction of sp³-hybridized carbons (Fsp3) is 0.235. The van der Waals surface area contributed by atoms with Crippen molar-refractivity contribution < 1.29 is 18.1 Å². The molecular weight excluding hydrogens is 358 g/mol. The summed E-state index contributed by atoms with van der Waals surface area (Å²) in [6, 6.07) is 10.8. The van der Waals surface area contributed by atoms with Gasteiger partial charge in [0.25, 0.3) is 11.6 Å². The van der Waals surface area contributed by atoms with Crippen molar-refractivity contribution in [3.63, 3.8) is 0 Å². The second kappa shape index (κ2) is 8.07. The summed E-state index contributed by atoms with van der Waals surface area (Å²) in [4.78, 5) is 22.5. The SMILES string of the molecule is CC[C@@H](C)NS(=O)(=O)c1ccc(C(=O)Nc2cccc([N+](=O)[O-])c2)cc1. The molecule has 26 heavy (non-hydrogen) atoms. The predicted octanol–water partition coefficient (Wildman–Crippen LogP) is 2.92. The van der Waals surface area contributed by atoms with Crippen molar-refractivity contribution in [2.45, 2.75) is 31.2 Å². The molecule has 0 bridgehead atoms. The Labute approximate surface area is 151 Å². The van der Waals surface area contributed by atoms with Crippen molar-refractivity contribution >= 4 is 27.3 Å². The molecule has 0 radical (unpaired) electrons. The quantitative estimate of drug-likeness (QED) is 0.568. The number of rotatable bonds is 7.